The molecule has 0 atom stereocenters. The Balaban J connectivity index is 1.94. The quantitative estimate of drug-likeness (QED) is 0.476. The van der Waals surface area contributed by atoms with Crippen LogP contribution in [0.4, 0.5) is 5.69 Å². The Morgan fingerprint density at radius 1 is 1.33 bits per heavy atom. The van der Waals surface area contributed by atoms with Gasteiger partial charge in [-0.15, -0.1) is 0 Å². The largest absolute Gasteiger partial charge is 0.332 e. The van der Waals surface area contributed by atoms with Crippen molar-refractivity contribution in [3.63, 3.8) is 0 Å². The van der Waals surface area contributed by atoms with Crippen molar-refractivity contribution in [2.24, 2.45) is 0 Å². The van der Waals surface area contributed by atoms with Crippen LogP contribution in [0.5, 0.6) is 0 Å². The van der Waals surface area contributed by atoms with Crippen molar-refractivity contribution in [2.75, 3.05) is 6.54 Å². The minimum absolute atomic E-state index is 0.0555. The summed E-state index contributed by atoms with van der Waals surface area (Å²) in [6, 6.07) is 1.31. The van der Waals surface area contributed by atoms with Gasteiger partial charge >= 0.3 is 5.69 Å². The van der Waals surface area contributed by atoms with E-state index in [0.717, 1.165) is 5.82 Å². The predicted molar refractivity (Wildman–Crippen MR) is 72.9 cm³/mol. The topological polar surface area (TPSA) is 94.2 Å². The molecule has 0 fully saturated rings. The molecule has 0 aromatic carbocycles. The zero-order chi connectivity index (χ0) is 15.0. The van der Waals surface area contributed by atoms with Crippen LogP contribution in [-0.4, -0.2) is 36.8 Å². The molecule has 3 heterocycles. The number of carbonyl (C=O) groups is 1. The lowest BCUT2D eigenvalue weighted by molar-refractivity contribution is -0.385. The van der Waals surface area contributed by atoms with Gasteiger partial charge in [0.15, 0.2) is 0 Å². The SMILES string of the molecule is O=C(c1ccnc(Cl)c1[N+](=O)[O-])N1CCn2ccnc2C1. The van der Waals surface area contributed by atoms with E-state index in [4.69, 9.17) is 11.6 Å². The number of hydrogen-bond donors (Lipinski definition) is 0. The number of nitrogens with zero attached hydrogens (tertiary/aromatic N) is 5. The Hall–Kier alpha value is -2.48. The summed E-state index contributed by atoms with van der Waals surface area (Å²) in [4.78, 5) is 32.2. The molecule has 1 aliphatic heterocycles. The maximum atomic E-state index is 12.5. The fourth-order valence-corrected chi connectivity index (χ4v) is 2.52. The molecule has 0 saturated heterocycles. The van der Waals surface area contributed by atoms with Crippen LogP contribution in [0.15, 0.2) is 24.7 Å². The van der Waals surface area contributed by atoms with E-state index in [2.05, 4.69) is 9.97 Å². The smallest absolute Gasteiger partial charge is 0.319 e. The molecule has 2 aromatic heterocycles. The maximum Gasteiger partial charge on any atom is 0.319 e. The third-order valence-electron chi connectivity index (χ3n) is 3.32. The summed E-state index contributed by atoms with van der Waals surface area (Å²) < 4.78 is 1.94. The Labute approximate surface area is 124 Å². The second-order valence-electron chi connectivity index (χ2n) is 4.52. The second kappa shape index (κ2) is 5.13. The van der Waals surface area contributed by atoms with E-state index in [0.29, 0.717) is 19.6 Å². The van der Waals surface area contributed by atoms with Gasteiger partial charge in [0.05, 0.1) is 11.5 Å². The second-order valence-corrected chi connectivity index (χ2v) is 4.88. The van der Waals surface area contributed by atoms with Gasteiger partial charge in [-0.05, 0) is 6.07 Å². The van der Waals surface area contributed by atoms with E-state index in [1.807, 2.05) is 10.8 Å². The van der Waals surface area contributed by atoms with Gasteiger partial charge in [0.25, 0.3) is 5.91 Å². The third kappa shape index (κ3) is 2.33. The lowest BCUT2D eigenvalue weighted by Crippen LogP contribution is -2.38. The number of amides is 1. The van der Waals surface area contributed by atoms with Gasteiger partial charge in [0.1, 0.15) is 11.4 Å². The van der Waals surface area contributed by atoms with E-state index in [1.165, 1.54) is 17.2 Å². The van der Waals surface area contributed by atoms with Gasteiger partial charge in [-0.25, -0.2) is 9.97 Å². The van der Waals surface area contributed by atoms with E-state index < -0.39 is 16.5 Å². The van der Waals surface area contributed by atoms with Crippen LogP contribution in [0, 0.1) is 10.1 Å². The molecule has 0 saturated carbocycles. The normalized spacial score (nSPS) is 13.9. The first kappa shape index (κ1) is 13.5. The lowest BCUT2D eigenvalue weighted by Gasteiger charge is -2.27. The number of halogens is 1. The van der Waals surface area contributed by atoms with Crippen LogP contribution in [0.3, 0.4) is 0 Å². The van der Waals surface area contributed by atoms with Gasteiger partial charge in [0, 0.05) is 31.7 Å². The van der Waals surface area contributed by atoms with Crippen molar-refractivity contribution >= 4 is 23.2 Å². The summed E-state index contributed by atoms with van der Waals surface area (Å²) in [5, 5.41) is 10.8. The van der Waals surface area contributed by atoms with Crippen LogP contribution in [0.2, 0.25) is 5.15 Å². The highest BCUT2D eigenvalue weighted by atomic mass is 35.5. The van der Waals surface area contributed by atoms with Crippen LogP contribution >= 0.6 is 11.6 Å². The summed E-state index contributed by atoms with van der Waals surface area (Å²) in [6.45, 7) is 1.37. The van der Waals surface area contributed by atoms with Crippen molar-refractivity contribution < 1.29 is 9.72 Å². The number of imidazole rings is 1. The molecular formula is C12H10ClN5O3. The molecule has 8 nitrogen and oxygen atoms in total. The predicted octanol–water partition coefficient (Wildman–Crippen LogP) is 1.50. The summed E-state index contributed by atoms with van der Waals surface area (Å²) in [6.07, 6.45) is 4.78. The number of rotatable bonds is 2. The number of carbonyl (C=O) groups excluding carboxylic acids is 1. The van der Waals surface area contributed by atoms with E-state index >= 15 is 0 Å². The van der Waals surface area contributed by atoms with E-state index in [1.54, 1.807) is 6.20 Å². The molecule has 2 aromatic rings. The zero-order valence-electron chi connectivity index (χ0n) is 10.8. The van der Waals surface area contributed by atoms with Gasteiger partial charge in [-0.3, -0.25) is 14.9 Å². The first-order chi connectivity index (χ1) is 10.1. The van der Waals surface area contributed by atoms with Crippen LogP contribution < -0.4 is 0 Å². The Morgan fingerprint density at radius 3 is 2.90 bits per heavy atom. The van der Waals surface area contributed by atoms with Crippen molar-refractivity contribution in [3.05, 3.63) is 51.3 Å². The first-order valence-electron chi connectivity index (χ1n) is 6.16. The number of nitro groups is 1. The Kier molecular flexibility index (Phi) is 3.30. The van der Waals surface area contributed by atoms with Crippen molar-refractivity contribution in [1.29, 1.82) is 0 Å². The lowest BCUT2D eigenvalue weighted by atomic mass is 10.2. The molecule has 1 amide bonds. The third-order valence-corrected chi connectivity index (χ3v) is 3.60. The minimum Gasteiger partial charge on any atom is -0.332 e. The van der Waals surface area contributed by atoms with Gasteiger partial charge in [-0.2, -0.15) is 0 Å². The summed E-state index contributed by atoms with van der Waals surface area (Å²) in [5.74, 6) is 0.303. The average Bonchev–Trinajstić information content (AvgIpc) is 2.93. The molecule has 0 spiro atoms. The highest BCUT2D eigenvalue weighted by molar-refractivity contribution is 6.32. The highest BCUT2D eigenvalue weighted by Crippen LogP contribution is 2.27. The summed E-state index contributed by atoms with van der Waals surface area (Å²) in [7, 11) is 0. The van der Waals surface area contributed by atoms with Crippen LogP contribution in [0.1, 0.15) is 16.2 Å². The Bertz CT molecular complexity index is 729. The molecule has 21 heavy (non-hydrogen) atoms. The standard InChI is InChI=1S/C12H10ClN5O3/c13-11-10(18(20)21)8(1-2-15-11)12(19)17-6-5-16-4-3-14-9(16)7-17/h1-4H,5-7H2. The molecule has 1 aliphatic rings. The number of fused-ring (bicyclic) bond motifs is 1. The van der Waals surface area contributed by atoms with Crippen molar-refractivity contribution in [1.82, 2.24) is 19.4 Å². The number of hydrogen-bond acceptors (Lipinski definition) is 5. The molecule has 0 N–H and O–H groups in total. The van der Waals surface area contributed by atoms with Gasteiger partial charge < -0.3 is 9.47 Å². The van der Waals surface area contributed by atoms with E-state index in [-0.39, 0.29) is 10.7 Å². The van der Waals surface area contributed by atoms with Crippen LogP contribution in [-0.2, 0) is 13.1 Å². The molecule has 0 aliphatic carbocycles. The molecule has 0 bridgehead atoms. The fourth-order valence-electron chi connectivity index (χ4n) is 2.29. The van der Waals surface area contributed by atoms with Gasteiger partial charge in [0.2, 0.25) is 5.15 Å². The maximum absolute atomic E-state index is 12.5. The number of aromatic nitrogens is 3. The molecule has 0 unspecified atom stereocenters. The molecule has 108 valence electrons. The first-order valence-corrected chi connectivity index (χ1v) is 6.54. The molecule has 3 rings (SSSR count). The van der Waals surface area contributed by atoms with Gasteiger partial charge in [-0.1, -0.05) is 11.6 Å². The Morgan fingerprint density at radius 2 is 2.14 bits per heavy atom. The minimum atomic E-state index is -0.687. The monoisotopic (exact) mass is 307 g/mol. The van der Waals surface area contributed by atoms with Crippen LogP contribution in [0.25, 0.3) is 0 Å². The van der Waals surface area contributed by atoms with Crippen molar-refractivity contribution in [3.8, 4) is 0 Å². The zero-order valence-corrected chi connectivity index (χ0v) is 11.5. The number of pyridine rings is 1. The summed E-state index contributed by atoms with van der Waals surface area (Å²) >= 11 is 5.73. The molecule has 9 heteroatoms. The molecule has 0 radical (unpaired) electrons. The highest BCUT2D eigenvalue weighted by Gasteiger charge is 2.30. The van der Waals surface area contributed by atoms with Crippen molar-refractivity contribution in [2.45, 2.75) is 13.1 Å². The molecular weight excluding hydrogens is 298 g/mol. The fraction of sp³-hybridized carbons (Fsp3) is 0.250. The van der Waals surface area contributed by atoms with E-state index in [9.17, 15) is 14.9 Å². The average molecular weight is 308 g/mol. The summed E-state index contributed by atoms with van der Waals surface area (Å²) in [5.41, 5.74) is -0.516.